The van der Waals surface area contributed by atoms with E-state index in [1.54, 1.807) is 0 Å². The first kappa shape index (κ1) is 16.9. The van der Waals surface area contributed by atoms with E-state index in [-0.39, 0.29) is 23.9 Å². The molecule has 2 aromatic rings. The Balaban J connectivity index is 1.72. The van der Waals surface area contributed by atoms with Crippen LogP contribution in [0.25, 0.3) is 10.1 Å². The fourth-order valence-electron chi connectivity index (χ4n) is 2.58. The number of amides is 1. The lowest BCUT2D eigenvalue weighted by atomic mass is 10.1. The van der Waals surface area contributed by atoms with Gasteiger partial charge >= 0.3 is 5.97 Å². The van der Waals surface area contributed by atoms with Gasteiger partial charge in [-0.1, -0.05) is 18.2 Å². The number of nitrogens with one attached hydrogen (secondary N) is 1. The van der Waals surface area contributed by atoms with E-state index < -0.39 is 17.7 Å². The molecular weight excluding hydrogens is 330 g/mol. The molecule has 1 aromatic carbocycles. The third kappa shape index (κ3) is 3.43. The van der Waals surface area contributed by atoms with Crippen LogP contribution in [0, 0.1) is 0 Å². The highest BCUT2D eigenvalue weighted by Gasteiger charge is 2.32. The highest BCUT2D eigenvalue weighted by atomic mass is 32.1. The van der Waals surface area contributed by atoms with E-state index in [1.165, 1.54) is 11.3 Å². The van der Waals surface area contributed by atoms with Gasteiger partial charge in [-0.3, -0.25) is 4.79 Å². The number of hydrogen-bond acceptors (Lipinski definition) is 5. The van der Waals surface area contributed by atoms with Crippen LogP contribution in [0.2, 0.25) is 0 Å². The summed E-state index contributed by atoms with van der Waals surface area (Å²) in [6.07, 6.45) is -0.670. The molecule has 7 heteroatoms. The number of hydrogen-bond donors (Lipinski definition) is 2. The molecule has 128 valence electrons. The van der Waals surface area contributed by atoms with Crippen LogP contribution < -0.4 is 5.32 Å². The van der Waals surface area contributed by atoms with E-state index in [2.05, 4.69) is 5.32 Å². The van der Waals surface area contributed by atoms with Gasteiger partial charge in [0.05, 0.1) is 18.8 Å². The Kier molecular flexibility index (Phi) is 4.58. The minimum Gasteiger partial charge on any atom is -0.477 e. The molecule has 1 saturated heterocycles. The van der Waals surface area contributed by atoms with E-state index in [4.69, 9.17) is 9.47 Å². The predicted molar refractivity (Wildman–Crippen MR) is 90.4 cm³/mol. The number of benzene rings is 1. The van der Waals surface area contributed by atoms with E-state index in [0.717, 1.165) is 10.1 Å². The molecule has 0 spiro atoms. The minimum atomic E-state index is -0.987. The van der Waals surface area contributed by atoms with Gasteiger partial charge in [0.15, 0.2) is 6.10 Å². The van der Waals surface area contributed by atoms with Gasteiger partial charge in [0.1, 0.15) is 4.88 Å². The summed E-state index contributed by atoms with van der Waals surface area (Å²) in [5.74, 6) is -1.28. The Morgan fingerprint density at radius 2 is 2.12 bits per heavy atom. The number of aromatic carboxylic acids is 1. The van der Waals surface area contributed by atoms with Crippen molar-refractivity contribution in [2.75, 3.05) is 13.2 Å². The van der Waals surface area contributed by atoms with E-state index >= 15 is 0 Å². The maximum Gasteiger partial charge on any atom is 0.346 e. The summed E-state index contributed by atoms with van der Waals surface area (Å²) in [5.41, 5.74) is 0.227. The fraction of sp³-hybridized carbons (Fsp3) is 0.412. The Morgan fingerprint density at radius 3 is 2.79 bits per heavy atom. The molecular formula is C17H19NO5S. The molecule has 1 amide bonds. The minimum absolute atomic E-state index is 0.147. The van der Waals surface area contributed by atoms with Crippen molar-refractivity contribution >= 4 is 33.3 Å². The summed E-state index contributed by atoms with van der Waals surface area (Å²) in [5, 5.41) is 13.0. The number of rotatable bonds is 4. The lowest BCUT2D eigenvalue weighted by Crippen LogP contribution is -2.49. The lowest BCUT2D eigenvalue weighted by Gasteiger charge is -2.34. The van der Waals surface area contributed by atoms with Crippen LogP contribution in [0.1, 0.15) is 29.1 Å². The van der Waals surface area contributed by atoms with Gasteiger partial charge in [0.2, 0.25) is 0 Å². The summed E-state index contributed by atoms with van der Waals surface area (Å²) in [7, 11) is 0. The van der Waals surface area contributed by atoms with Gasteiger partial charge in [0.25, 0.3) is 5.91 Å². The molecule has 0 radical (unpaired) electrons. The van der Waals surface area contributed by atoms with Crippen molar-refractivity contribution in [1.82, 2.24) is 5.32 Å². The molecule has 6 nitrogen and oxygen atoms in total. The molecule has 1 unspecified atom stereocenters. The van der Waals surface area contributed by atoms with Gasteiger partial charge in [0, 0.05) is 16.8 Å². The normalized spacial score (nSPS) is 20.0. The third-order valence-corrected chi connectivity index (χ3v) is 5.08. The second kappa shape index (κ2) is 6.51. The number of ether oxygens (including phenoxy) is 2. The zero-order chi connectivity index (χ0) is 17.3. The van der Waals surface area contributed by atoms with Crippen molar-refractivity contribution in [2.45, 2.75) is 32.1 Å². The molecule has 3 rings (SSSR count). The Bertz CT molecular complexity index is 772. The summed E-state index contributed by atoms with van der Waals surface area (Å²) < 4.78 is 12.0. The second-order valence-electron chi connectivity index (χ2n) is 6.30. The van der Waals surface area contributed by atoms with Crippen LogP contribution in [0.5, 0.6) is 0 Å². The molecule has 1 fully saturated rings. The smallest absolute Gasteiger partial charge is 0.346 e. The Labute approximate surface area is 143 Å². The number of fused-ring (bicyclic) bond motifs is 1. The quantitative estimate of drug-likeness (QED) is 0.885. The molecule has 24 heavy (non-hydrogen) atoms. The maximum atomic E-state index is 12.3. The molecule has 0 bridgehead atoms. The van der Waals surface area contributed by atoms with Crippen molar-refractivity contribution in [1.29, 1.82) is 0 Å². The molecule has 1 aromatic heterocycles. The summed E-state index contributed by atoms with van der Waals surface area (Å²) in [4.78, 5) is 24.0. The number of carbonyl (C=O) groups is 2. The molecule has 1 aliphatic heterocycles. The predicted octanol–water partition coefficient (Wildman–Crippen LogP) is 2.41. The molecule has 0 saturated carbocycles. The van der Waals surface area contributed by atoms with Gasteiger partial charge < -0.3 is 19.9 Å². The highest BCUT2D eigenvalue weighted by Crippen LogP contribution is 2.31. The summed E-state index contributed by atoms with van der Waals surface area (Å²) >= 11 is 1.21. The maximum absolute atomic E-state index is 12.3. The standard InChI is InChI=1S/C17H19NO5S/c1-17(2)9-22-12(8-23-17)15(19)18-7-11-10-5-3-4-6-13(10)24-14(11)16(20)21/h3-6,12H,7-9H2,1-2H3,(H,18,19)(H,20,21). The van der Waals surface area contributed by atoms with Crippen LogP contribution >= 0.6 is 11.3 Å². The van der Waals surface area contributed by atoms with Crippen molar-refractivity contribution in [3.63, 3.8) is 0 Å². The first-order valence-electron chi connectivity index (χ1n) is 7.64. The molecule has 2 heterocycles. The average molecular weight is 349 g/mol. The van der Waals surface area contributed by atoms with Crippen LogP contribution in [-0.2, 0) is 20.8 Å². The molecule has 1 atom stereocenters. The second-order valence-corrected chi connectivity index (χ2v) is 7.35. The average Bonchev–Trinajstić information content (AvgIpc) is 2.91. The summed E-state index contributed by atoms with van der Waals surface area (Å²) in [6, 6.07) is 7.45. The first-order valence-corrected chi connectivity index (χ1v) is 8.46. The SMILES string of the molecule is CC1(C)COC(C(=O)NCc2c(C(=O)O)sc3ccccc23)CO1. The number of carboxylic acids is 1. The first-order chi connectivity index (χ1) is 11.4. The van der Waals surface area contributed by atoms with Crippen LogP contribution in [0.3, 0.4) is 0 Å². The van der Waals surface area contributed by atoms with E-state index in [0.29, 0.717) is 12.2 Å². The number of carbonyl (C=O) groups excluding carboxylic acids is 1. The van der Waals surface area contributed by atoms with Gasteiger partial charge in [-0.2, -0.15) is 0 Å². The van der Waals surface area contributed by atoms with E-state index in [9.17, 15) is 14.7 Å². The Hall–Kier alpha value is -1.96. The molecule has 2 N–H and O–H groups in total. The van der Waals surface area contributed by atoms with Crippen LogP contribution in [0.15, 0.2) is 24.3 Å². The van der Waals surface area contributed by atoms with Crippen LogP contribution in [-0.4, -0.2) is 41.9 Å². The van der Waals surface area contributed by atoms with Gasteiger partial charge in [-0.25, -0.2) is 4.79 Å². The molecule has 1 aliphatic rings. The van der Waals surface area contributed by atoms with Crippen molar-refractivity contribution in [2.24, 2.45) is 0 Å². The third-order valence-electron chi connectivity index (χ3n) is 3.88. The van der Waals surface area contributed by atoms with Gasteiger partial charge in [-0.05, 0) is 25.3 Å². The zero-order valence-corrected chi connectivity index (χ0v) is 14.3. The highest BCUT2D eigenvalue weighted by molar-refractivity contribution is 7.21. The lowest BCUT2D eigenvalue weighted by molar-refractivity contribution is -0.183. The van der Waals surface area contributed by atoms with Crippen molar-refractivity contribution in [3.8, 4) is 0 Å². The number of carboxylic acid groups (broad SMARTS) is 1. The zero-order valence-electron chi connectivity index (χ0n) is 13.5. The Morgan fingerprint density at radius 1 is 1.38 bits per heavy atom. The monoisotopic (exact) mass is 349 g/mol. The largest absolute Gasteiger partial charge is 0.477 e. The summed E-state index contributed by atoms with van der Waals surface area (Å²) in [6.45, 7) is 4.48. The van der Waals surface area contributed by atoms with Gasteiger partial charge in [-0.15, -0.1) is 11.3 Å². The number of thiophene rings is 1. The molecule has 0 aliphatic carbocycles. The van der Waals surface area contributed by atoms with Crippen LogP contribution in [0.4, 0.5) is 0 Å². The van der Waals surface area contributed by atoms with Crippen molar-refractivity contribution < 1.29 is 24.2 Å². The topological polar surface area (TPSA) is 84.9 Å². The van der Waals surface area contributed by atoms with E-state index in [1.807, 2.05) is 38.1 Å². The van der Waals surface area contributed by atoms with Crippen molar-refractivity contribution in [3.05, 3.63) is 34.7 Å². The fourth-order valence-corrected chi connectivity index (χ4v) is 3.64.